The van der Waals surface area contributed by atoms with Crippen LogP contribution in [0.25, 0.3) is 110 Å². The molecule has 0 unspecified atom stereocenters. The molecule has 0 saturated carbocycles. The van der Waals surface area contributed by atoms with Crippen molar-refractivity contribution in [2.45, 2.75) is 69.2 Å². The molecule has 20 rings (SSSR count). The SMILES string of the molecule is Cc1ccc(-c2ccc(Br)cc2)cc1.Cc1ccc(-c2ccc(C#N)cc2)cc1.Cc1ccc(-c2ccc(C(=O)O)cc2)cc1.Cc1ccc(-c2ccc(Cl)cc2)cc1.Cc1ccc(-c2ccc(I)cc2)cc1.Cc1ccc(-c2ccc([N+](=O)[O-])cc2)cc1.Cc1ccc2cc(Br)ccc2c1.Cc1ccc2cc(C#N)ccc2c1.Cc1ccc2cc(Cl)ccc2c1.Cc1ccc2cc(I)ccc2c1. The van der Waals surface area contributed by atoms with E-state index < -0.39 is 5.97 Å². The van der Waals surface area contributed by atoms with Gasteiger partial charge in [0.05, 0.1) is 33.8 Å². The maximum atomic E-state index is 10.7. The second-order valence-electron chi connectivity index (χ2n) is 33.3. The standard InChI is InChI=1S/C14H11N.C14H12O2.C13H11Br.C13H11Cl.C13H11I.C13H11NO2.C12H9N.C11H9Br.C11H9Cl.C11H9I/c1-11-2-6-13(7-3-11)14-8-4-12(10-15)5-9-14;1-10-2-4-11(5-3-10)12-6-8-13(9-7-12)14(15)16;3*1-10-2-4-11(5-3-10)12-6-8-13(14)9-7-12;1-10-2-4-11(5-3-10)12-6-8-13(9-7-12)14(15)16;1-9-2-4-12-7-10(8-13)3-5-11(12)6-9;3*1-8-2-3-10-7-11(12)5-4-9(10)6-8/h2-9H,1H3;2-9H,1H3,(H,15,16);3*2-9H,1H3;2-9H,1H3;2-7H,1H3;3*2-7H,1H3. The van der Waals surface area contributed by atoms with Gasteiger partial charge in [0, 0.05) is 38.3 Å². The van der Waals surface area contributed by atoms with Gasteiger partial charge >= 0.3 is 5.97 Å². The van der Waals surface area contributed by atoms with Crippen LogP contribution in [0.3, 0.4) is 0 Å². The van der Waals surface area contributed by atoms with Gasteiger partial charge in [0.2, 0.25) is 0 Å². The summed E-state index contributed by atoms with van der Waals surface area (Å²) in [5.41, 5.74) is 28.6. The van der Waals surface area contributed by atoms with Crippen molar-refractivity contribution in [3.8, 4) is 78.9 Å². The summed E-state index contributed by atoms with van der Waals surface area (Å²) in [6.07, 6.45) is 0. The molecule has 0 aliphatic rings. The van der Waals surface area contributed by atoms with Gasteiger partial charge in [-0.15, -0.1) is 0 Å². The van der Waals surface area contributed by atoms with Crippen molar-refractivity contribution in [2.75, 3.05) is 0 Å². The summed E-state index contributed by atoms with van der Waals surface area (Å²) in [6.45, 7) is 20.8. The number of nitriles is 2. The van der Waals surface area contributed by atoms with Crippen LogP contribution in [0.1, 0.15) is 77.1 Å². The van der Waals surface area contributed by atoms with Gasteiger partial charge in [-0.05, 0) is 346 Å². The minimum Gasteiger partial charge on any atom is -0.478 e. The third-order valence-electron chi connectivity index (χ3n) is 22.1. The number of hydrogen-bond donors (Lipinski definition) is 1. The number of carboxylic acid groups (broad SMARTS) is 1. The highest BCUT2D eigenvalue weighted by Gasteiger charge is 2.09. The normalized spacial score (nSPS) is 10.1. The summed E-state index contributed by atoms with van der Waals surface area (Å²) < 4.78 is 4.83. The number of hydrogen-bond acceptors (Lipinski definition) is 5. The van der Waals surface area contributed by atoms with Crippen molar-refractivity contribution in [3.63, 3.8) is 0 Å². The molecule has 13 heteroatoms. The maximum Gasteiger partial charge on any atom is 0.335 e. The van der Waals surface area contributed by atoms with Gasteiger partial charge in [-0.1, -0.05) is 414 Å². The van der Waals surface area contributed by atoms with Crippen LogP contribution in [0.5, 0.6) is 0 Å². The quantitative estimate of drug-likeness (QED) is 0.0917. The van der Waals surface area contributed by atoms with Crippen molar-refractivity contribution in [1.82, 2.24) is 0 Å². The van der Waals surface area contributed by atoms with Crippen molar-refractivity contribution < 1.29 is 14.8 Å². The third-order valence-corrected chi connectivity index (χ3v) is 25.0. The van der Waals surface area contributed by atoms with Crippen LogP contribution >= 0.6 is 100 Å². The average Bonchev–Trinajstić information content (AvgIpc) is 0.825. The van der Waals surface area contributed by atoms with Crippen molar-refractivity contribution in [3.05, 3.63) is 545 Å². The number of nitrogens with zero attached hydrogens (tertiary/aromatic N) is 3. The van der Waals surface area contributed by atoms with Gasteiger partial charge in [0.15, 0.2) is 0 Å². The van der Waals surface area contributed by atoms with E-state index in [4.69, 9.17) is 38.8 Å². The van der Waals surface area contributed by atoms with Crippen LogP contribution in [0.2, 0.25) is 10.0 Å². The lowest BCUT2D eigenvalue weighted by atomic mass is 10.0. The van der Waals surface area contributed by atoms with E-state index in [1.165, 1.54) is 152 Å². The molecule has 0 bridgehead atoms. The van der Waals surface area contributed by atoms with Crippen molar-refractivity contribution in [1.29, 1.82) is 10.5 Å². The van der Waals surface area contributed by atoms with E-state index in [-0.39, 0.29) is 10.6 Å². The number of benzene rings is 20. The van der Waals surface area contributed by atoms with Gasteiger partial charge in [-0.3, -0.25) is 10.1 Å². The summed E-state index contributed by atoms with van der Waals surface area (Å²) in [5, 5.41) is 48.3. The summed E-state index contributed by atoms with van der Waals surface area (Å²) >= 11 is 23.2. The summed E-state index contributed by atoms with van der Waals surface area (Å²) in [7, 11) is 0. The van der Waals surface area contributed by atoms with E-state index in [2.05, 4.69) is 393 Å². The minimum absolute atomic E-state index is 0.121. The number of non-ortho nitro benzene ring substituents is 1. The highest BCUT2D eigenvalue weighted by atomic mass is 127. The Morgan fingerprint density at radius 2 is 0.486 bits per heavy atom. The predicted octanol–water partition coefficient (Wildman–Crippen LogP) is 38.0. The van der Waals surface area contributed by atoms with E-state index in [1.54, 1.807) is 24.3 Å². The number of rotatable bonds is 8. The first-order valence-electron chi connectivity index (χ1n) is 44.6. The second-order valence-corrected chi connectivity index (χ2v) is 38.4. The van der Waals surface area contributed by atoms with Crippen LogP contribution < -0.4 is 0 Å². The lowest BCUT2D eigenvalue weighted by Crippen LogP contribution is -1.94. The van der Waals surface area contributed by atoms with E-state index >= 15 is 0 Å². The first kappa shape index (κ1) is 105. The number of aryl methyl sites for hydroxylation is 10. The molecule has 684 valence electrons. The van der Waals surface area contributed by atoms with E-state index in [0.717, 1.165) is 57.8 Å². The van der Waals surface area contributed by atoms with Gasteiger partial charge in [0.1, 0.15) is 0 Å². The Morgan fingerprint density at radius 3 is 0.826 bits per heavy atom. The van der Waals surface area contributed by atoms with Crippen molar-refractivity contribution in [2.24, 2.45) is 0 Å². The molecule has 0 fully saturated rings. The lowest BCUT2D eigenvalue weighted by Gasteiger charge is -2.02. The fourth-order valence-corrected chi connectivity index (χ4v) is 16.0. The first-order valence-corrected chi connectivity index (χ1v) is 49.1. The molecular weight excluding hydrogens is 2090 g/mol. The average molecular weight is 2200 g/mol. The highest BCUT2D eigenvalue weighted by Crippen LogP contribution is 2.31. The summed E-state index contributed by atoms with van der Waals surface area (Å²) in [4.78, 5) is 20.8. The Balaban J connectivity index is 0.000000147. The van der Waals surface area contributed by atoms with Gasteiger partial charge in [-0.25, -0.2) is 4.79 Å². The summed E-state index contributed by atoms with van der Waals surface area (Å²) in [6, 6.07) is 151. The van der Waals surface area contributed by atoms with Crippen LogP contribution in [0.4, 0.5) is 5.69 Å². The number of fused-ring (bicyclic) bond motifs is 4. The van der Waals surface area contributed by atoms with Crippen LogP contribution in [0, 0.1) is 109 Å². The smallest absolute Gasteiger partial charge is 0.335 e. The molecule has 0 radical (unpaired) electrons. The molecule has 0 saturated heterocycles. The fraction of sp³-hybridized carbons (Fsp3) is 0.0800. The van der Waals surface area contributed by atoms with Crippen LogP contribution in [0.15, 0.2) is 446 Å². The monoisotopic (exact) mass is 2190 g/mol. The Morgan fingerprint density at radius 1 is 0.261 bits per heavy atom. The Hall–Kier alpha value is -13.7. The van der Waals surface area contributed by atoms with Gasteiger partial charge < -0.3 is 5.11 Å². The predicted molar refractivity (Wildman–Crippen MR) is 608 cm³/mol. The molecular formula is C125H103Br2Cl2I2N3O4. The molecule has 0 spiro atoms. The first-order chi connectivity index (χ1) is 66.4. The molecule has 0 heterocycles. The largest absolute Gasteiger partial charge is 0.478 e. The number of carbonyl (C=O) groups is 1. The van der Waals surface area contributed by atoms with E-state index in [9.17, 15) is 14.9 Å². The molecule has 0 aliphatic heterocycles. The molecule has 0 amide bonds. The van der Waals surface area contributed by atoms with Crippen LogP contribution in [-0.2, 0) is 0 Å². The summed E-state index contributed by atoms with van der Waals surface area (Å²) in [5.74, 6) is -0.893. The molecule has 0 aliphatic carbocycles. The highest BCUT2D eigenvalue weighted by molar-refractivity contribution is 14.1. The molecule has 0 aromatic heterocycles. The lowest BCUT2D eigenvalue weighted by molar-refractivity contribution is -0.384. The fourth-order valence-electron chi connectivity index (χ4n) is 14.2. The van der Waals surface area contributed by atoms with Crippen LogP contribution in [-0.4, -0.2) is 16.0 Å². The Kier molecular flexibility index (Phi) is 40.3. The third kappa shape index (κ3) is 33.9. The van der Waals surface area contributed by atoms with E-state index in [1.807, 2.05) is 166 Å². The number of nitro groups is 1. The Labute approximate surface area is 865 Å². The number of nitro benzene ring substituents is 1. The topological polar surface area (TPSA) is 128 Å². The maximum absolute atomic E-state index is 10.7. The zero-order valence-corrected chi connectivity index (χ0v) is 87.3. The minimum atomic E-state index is -0.893. The van der Waals surface area contributed by atoms with Gasteiger partial charge in [-0.2, -0.15) is 10.5 Å². The zero-order valence-electron chi connectivity index (χ0n) is 78.4. The molecule has 138 heavy (non-hydrogen) atoms. The number of halogens is 6. The molecule has 7 nitrogen and oxygen atoms in total. The molecule has 0 atom stereocenters. The van der Waals surface area contributed by atoms with E-state index in [0.29, 0.717) is 11.1 Å². The molecule has 1 N–H and O–H groups in total. The van der Waals surface area contributed by atoms with Gasteiger partial charge in [0.25, 0.3) is 5.69 Å². The zero-order chi connectivity index (χ0) is 98.6. The number of carboxylic acids is 1. The number of aromatic carboxylic acids is 1. The second kappa shape index (κ2) is 53.1. The molecule has 20 aromatic rings. The molecule has 20 aromatic carbocycles. The Bertz CT molecular complexity index is 6730. The van der Waals surface area contributed by atoms with Crippen molar-refractivity contribution >= 4 is 155 Å².